The predicted molar refractivity (Wildman–Crippen MR) is 85.5 cm³/mol. The van der Waals surface area contributed by atoms with Gasteiger partial charge in [0.2, 0.25) is 0 Å². The third-order valence-corrected chi connectivity index (χ3v) is 3.71. The van der Waals surface area contributed by atoms with Crippen LogP contribution in [0.1, 0.15) is 5.69 Å². The van der Waals surface area contributed by atoms with E-state index in [1.807, 2.05) is 60.3 Å². The molecular formula is C17H14N4. The van der Waals surface area contributed by atoms with E-state index >= 15 is 0 Å². The maximum atomic E-state index is 6.06. The fourth-order valence-electron chi connectivity index (χ4n) is 2.64. The molecule has 4 nitrogen and oxygen atoms in total. The zero-order valence-corrected chi connectivity index (χ0v) is 11.6. The summed E-state index contributed by atoms with van der Waals surface area (Å²) in [4.78, 5) is 9.07. The summed E-state index contributed by atoms with van der Waals surface area (Å²) in [5, 5.41) is 2.06. The first kappa shape index (κ1) is 11.9. The van der Waals surface area contributed by atoms with Gasteiger partial charge in [-0.3, -0.25) is 9.55 Å². The monoisotopic (exact) mass is 274 g/mol. The first-order valence-corrected chi connectivity index (χ1v) is 6.82. The minimum Gasteiger partial charge on any atom is -0.398 e. The number of benzene rings is 1. The summed E-state index contributed by atoms with van der Waals surface area (Å²) in [5.41, 5.74) is 9.85. The molecule has 4 rings (SSSR count). The molecule has 3 aromatic heterocycles. The predicted octanol–water partition coefficient (Wildman–Crippen LogP) is 3.46. The van der Waals surface area contributed by atoms with E-state index in [1.54, 1.807) is 0 Å². The summed E-state index contributed by atoms with van der Waals surface area (Å²) in [6.07, 6.45) is 3.85. The number of rotatable bonds is 1. The van der Waals surface area contributed by atoms with E-state index in [2.05, 4.69) is 16.0 Å². The zero-order chi connectivity index (χ0) is 14.4. The van der Waals surface area contributed by atoms with E-state index in [0.29, 0.717) is 0 Å². The highest BCUT2D eigenvalue weighted by Crippen LogP contribution is 2.24. The number of pyridine rings is 2. The highest BCUT2D eigenvalue weighted by atomic mass is 15.1. The molecule has 0 spiro atoms. The van der Waals surface area contributed by atoms with Crippen molar-refractivity contribution in [3.05, 3.63) is 60.6 Å². The standard InChI is InChI=1S/C17H14N4/c1-11-5-6-16-15(20-11)7-8-21(16)17-9-13-12(10-19-17)3-2-4-14(13)18/h2-10H,18H2,1H3. The molecule has 0 aliphatic heterocycles. The fraction of sp³-hybridized carbons (Fsp3) is 0.0588. The molecule has 3 heterocycles. The Balaban J connectivity index is 1.98. The molecule has 0 aliphatic rings. The molecule has 4 heteroatoms. The zero-order valence-electron chi connectivity index (χ0n) is 11.6. The highest BCUT2D eigenvalue weighted by molar-refractivity contribution is 5.93. The van der Waals surface area contributed by atoms with Crippen molar-refractivity contribution in [2.75, 3.05) is 5.73 Å². The van der Waals surface area contributed by atoms with Crippen molar-refractivity contribution >= 4 is 27.5 Å². The van der Waals surface area contributed by atoms with Crippen LogP contribution in [0.5, 0.6) is 0 Å². The molecule has 2 N–H and O–H groups in total. The lowest BCUT2D eigenvalue weighted by molar-refractivity contribution is 1.05. The van der Waals surface area contributed by atoms with Crippen molar-refractivity contribution in [2.45, 2.75) is 6.92 Å². The van der Waals surface area contributed by atoms with Gasteiger partial charge in [-0.1, -0.05) is 12.1 Å². The number of hydrogen-bond donors (Lipinski definition) is 1. The van der Waals surface area contributed by atoms with Gasteiger partial charge in [-0.2, -0.15) is 0 Å². The van der Waals surface area contributed by atoms with Gasteiger partial charge < -0.3 is 5.73 Å². The van der Waals surface area contributed by atoms with Crippen LogP contribution in [-0.4, -0.2) is 14.5 Å². The molecule has 0 atom stereocenters. The Hall–Kier alpha value is -2.88. The molecule has 102 valence electrons. The minimum atomic E-state index is 0.765. The number of anilines is 1. The Morgan fingerprint density at radius 1 is 1.10 bits per heavy atom. The molecule has 0 unspecified atom stereocenters. The van der Waals surface area contributed by atoms with Crippen molar-refractivity contribution in [3.63, 3.8) is 0 Å². The van der Waals surface area contributed by atoms with Gasteiger partial charge >= 0.3 is 0 Å². The molecule has 0 fully saturated rings. The van der Waals surface area contributed by atoms with Gasteiger partial charge in [0.15, 0.2) is 0 Å². The minimum absolute atomic E-state index is 0.765. The Morgan fingerprint density at radius 2 is 2.00 bits per heavy atom. The maximum Gasteiger partial charge on any atom is 0.137 e. The van der Waals surface area contributed by atoms with Gasteiger partial charge in [0.1, 0.15) is 5.82 Å². The Kier molecular flexibility index (Phi) is 2.44. The molecule has 4 aromatic rings. The lowest BCUT2D eigenvalue weighted by atomic mass is 10.1. The van der Waals surface area contributed by atoms with Crippen LogP contribution in [0.3, 0.4) is 0 Å². The number of aryl methyl sites for hydroxylation is 1. The number of hydrogen-bond acceptors (Lipinski definition) is 3. The average Bonchev–Trinajstić information content (AvgIpc) is 2.90. The smallest absolute Gasteiger partial charge is 0.137 e. The molecule has 0 saturated heterocycles. The number of nitrogens with zero attached hydrogens (tertiary/aromatic N) is 3. The topological polar surface area (TPSA) is 56.7 Å². The number of nitrogen functional groups attached to an aromatic ring is 1. The first-order chi connectivity index (χ1) is 10.2. The van der Waals surface area contributed by atoms with Gasteiger partial charge in [-0.15, -0.1) is 0 Å². The van der Waals surface area contributed by atoms with Crippen molar-refractivity contribution in [2.24, 2.45) is 0 Å². The second-order valence-corrected chi connectivity index (χ2v) is 5.15. The van der Waals surface area contributed by atoms with Gasteiger partial charge in [-0.05, 0) is 37.3 Å². The Bertz CT molecular complexity index is 969. The Labute approximate surface area is 121 Å². The van der Waals surface area contributed by atoms with Crippen LogP contribution in [0.25, 0.3) is 27.6 Å². The third-order valence-electron chi connectivity index (χ3n) is 3.71. The average molecular weight is 274 g/mol. The van der Waals surface area contributed by atoms with E-state index in [1.165, 1.54) is 0 Å². The van der Waals surface area contributed by atoms with Crippen molar-refractivity contribution in [3.8, 4) is 5.82 Å². The molecule has 0 aliphatic carbocycles. The summed E-state index contributed by atoms with van der Waals surface area (Å²) in [6.45, 7) is 1.99. The Morgan fingerprint density at radius 3 is 2.90 bits per heavy atom. The van der Waals surface area contributed by atoms with E-state index < -0.39 is 0 Å². The SMILES string of the molecule is Cc1ccc2c(ccn2-c2cc3c(N)cccc3cn2)n1. The van der Waals surface area contributed by atoms with Crippen molar-refractivity contribution in [1.29, 1.82) is 0 Å². The second-order valence-electron chi connectivity index (χ2n) is 5.15. The normalized spacial score (nSPS) is 11.3. The summed E-state index contributed by atoms with van der Waals surface area (Å²) < 4.78 is 2.04. The largest absolute Gasteiger partial charge is 0.398 e. The molecular weight excluding hydrogens is 260 g/mol. The van der Waals surface area contributed by atoms with Crippen LogP contribution in [0.4, 0.5) is 5.69 Å². The number of fused-ring (bicyclic) bond motifs is 2. The summed E-state index contributed by atoms with van der Waals surface area (Å²) >= 11 is 0. The fourth-order valence-corrected chi connectivity index (χ4v) is 2.64. The summed E-state index contributed by atoms with van der Waals surface area (Å²) in [6, 6.07) is 14.0. The van der Waals surface area contributed by atoms with Crippen LogP contribution >= 0.6 is 0 Å². The van der Waals surface area contributed by atoms with Crippen LogP contribution in [0, 0.1) is 6.92 Å². The second kappa shape index (κ2) is 4.31. The molecule has 0 radical (unpaired) electrons. The van der Waals surface area contributed by atoms with Gasteiger partial charge in [-0.25, -0.2) is 4.98 Å². The van der Waals surface area contributed by atoms with E-state index in [4.69, 9.17) is 5.73 Å². The van der Waals surface area contributed by atoms with E-state index in [0.717, 1.165) is 39.0 Å². The van der Waals surface area contributed by atoms with Gasteiger partial charge in [0.05, 0.1) is 11.0 Å². The number of nitrogens with two attached hydrogens (primary N) is 1. The lowest BCUT2D eigenvalue weighted by Gasteiger charge is -2.07. The molecule has 21 heavy (non-hydrogen) atoms. The van der Waals surface area contributed by atoms with Crippen LogP contribution < -0.4 is 5.73 Å². The molecule has 0 bridgehead atoms. The van der Waals surface area contributed by atoms with Crippen molar-refractivity contribution in [1.82, 2.24) is 14.5 Å². The summed E-state index contributed by atoms with van der Waals surface area (Å²) in [5.74, 6) is 0.848. The highest BCUT2D eigenvalue weighted by Gasteiger charge is 2.07. The summed E-state index contributed by atoms with van der Waals surface area (Å²) in [7, 11) is 0. The van der Waals surface area contributed by atoms with Gasteiger partial charge in [0, 0.05) is 34.5 Å². The van der Waals surface area contributed by atoms with Crippen LogP contribution in [0.2, 0.25) is 0 Å². The van der Waals surface area contributed by atoms with Crippen LogP contribution in [-0.2, 0) is 0 Å². The number of aromatic nitrogens is 3. The van der Waals surface area contributed by atoms with Crippen molar-refractivity contribution < 1.29 is 0 Å². The first-order valence-electron chi connectivity index (χ1n) is 6.82. The quantitative estimate of drug-likeness (QED) is 0.541. The molecule has 1 aromatic carbocycles. The van der Waals surface area contributed by atoms with Crippen LogP contribution in [0.15, 0.2) is 54.9 Å². The lowest BCUT2D eigenvalue weighted by Crippen LogP contribution is -1.97. The van der Waals surface area contributed by atoms with E-state index in [-0.39, 0.29) is 0 Å². The molecule has 0 saturated carbocycles. The third kappa shape index (κ3) is 1.84. The van der Waals surface area contributed by atoms with E-state index in [9.17, 15) is 0 Å². The molecule has 0 amide bonds. The van der Waals surface area contributed by atoms with Gasteiger partial charge in [0.25, 0.3) is 0 Å². The maximum absolute atomic E-state index is 6.06.